The number of amides is 1. The Morgan fingerprint density at radius 3 is 3.05 bits per heavy atom. The SMILES string of the molecule is O=C(Nc1nc2c(s1)COCC2)C1COc2ccccc2O1. The van der Waals surface area contributed by atoms with E-state index in [-0.39, 0.29) is 12.5 Å². The first-order chi connectivity index (χ1) is 10.8. The van der Waals surface area contributed by atoms with E-state index in [1.807, 2.05) is 18.2 Å². The lowest BCUT2D eigenvalue weighted by Crippen LogP contribution is -2.40. The van der Waals surface area contributed by atoms with Gasteiger partial charge in [0.2, 0.25) is 6.10 Å². The summed E-state index contributed by atoms with van der Waals surface area (Å²) in [5, 5.41) is 3.39. The van der Waals surface area contributed by atoms with Crippen LogP contribution in [0.3, 0.4) is 0 Å². The van der Waals surface area contributed by atoms with Gasteiger partial charge >= 0.3 is 0 Å². The maximum absolute atomic E-state index is 12.3. The number of aromatic nitrogens is 1. The molecule has 4 rings (SSSR count). The van der Waals surface area contributed by atoms with E-state index in [1.165, 1.54) is 11.3 Å². The third-order valence-electron chi connectivity index (χ3n) is 3.53. The third-order valence-corrected chi connectivity index (χ3v) is 4.51. The van der Waals surface area contributed by atoms with Crippen molar-refractivity contribution in [3.63, 3.8) is 0 Å². The highest BCUT2D eigenvalue weighted by Crippen LogP contribution is 2.32. The monoisotopic (exact) mass is 318 g/mol. The highest BCUT2D eigenvalue weighted by atomic mass is 32.1. The fourth-order valence-electron chi connectivity index (χ4n) is 2.41. The number of carbonyl (C=O) groups is 1. The minimum absolute atomic E-state index is 0.192. The van der Waals surface area contributed by atoms with Crippen LogP contribution < -0.4 is 14.8 Å². The van der Waals surface area contributed by atoms with Crippen molar-refractivity contribution in [1.82, 2.24) is 4.98 Å². The summed E-state index contributed by atoms with van der Waals surface area (Å²) < 4.78 is 16.6. The number of nitrogens with zero attached hydrogens (tertiary/aromatic N) is 1. The summed E-state index contributed by atoms with van der Waals surface area (Å²) in [5.41, 5.74) is 1.01. The Morgan fingerprint density at radius 2 is 2.18 bits per heavy atom. The summed E-state index contributed by atoms with van der Waals surface area (Å²) in [7, 11) is 0. The molecule has 2 aliphatic heterocycles. The van der Waals surface area contributed by atoms with Crippen molar-refractivity contribution >= 4 is 22.4 Å². The molecule has 1 unspecified atom stereocenters. The third kappa shape index (κ3) is 2.53. The fraction of sp³-hybridized carbons (Fsp3) is 0.333. The second-order valence-electron chi connectivity index (χ2n) is 5.04. The van der Waals surface area contributed by atoms with Gasteiger partial charge in [0.1, 0.15) is 6.61 Å². The van der Waals surface area contributed by atoms with E-state index in [9.17, 15) is 4.79 Å². The van der Waals surface area contributed by atoms with Gasteiger partial charge < -0.3 is 14.2 Å². The smallest absolute Gasteiger partial charge is 0.270 e. The molecule has 0 aliphatic carbocycles. The van der Waals surface area contributed by atoms with Crippen LogP contribution in [0, 0.1) is 0 Å². The molecule has 22 heavy (non-hydrogen) atoms. The van der Waals surface area contributed by atoms with Gasteiger partial charge in [-0.25, -0.2) is 4.98 Å². The number of rotatable bonds is 2. The molecule has 1 N–H and O–H groups in total. The van der Waals surface area contributed by atoms with Crippen LogP contribution in [-0.4, -0.2) is 30.2 Å². The number of thiazole rings is 1. The van der Waals surface area contributed by atoms with Crippen molar-refractivity contribution in [3.8, 4) is 11.5 Å². The molecule has 0 radical (unpaired) electrons. The van der Waals surface area contributed by atoms with Crippen LogP contribution in [0.1, 0.15) is 10.6 Å². The standard InChI is InChI=1S/C15H14N2O4S/c18-14(12-7-20-10-3-1-2-4-11(10)21-12)17-15-16-9-5-6-19-8-13(9)22-15/h1-4,12H,5-8H2,(H,16,17,18). The average molecular weight is 318 g/mol. The van der Waals surface area contributed by atoms with E-state index in [2.05, 4.69) is 10.3 Å². The van der Waals surface area contributed by atoms with Crippen molar-refractivity contribution in [1.29, 1.82) is 0 Å². The predicted octanol–water partition coefficient (Wildman–Crippen LogP) is 1.99. The van der Waals surface area contributed by atoms with Crippen LogP contribution in [-0.2, 0) is 22.6 Å². The number of hydrogen-bond acceptors (Lipinski definition) is 6. The number of fused-ring (bicyclic) bond motifs is 2. The molecule has 0 saturated carbocycles. The Balaban J connectivity index is 1.45. The van der Waals surface area contributed by atoms with Crippen LogP contribution in [0.4, 0.5) is 5.13 Å². The Kier molecular flexibility index (Phi) is 3.44. The Bertz CT molecular complexity index is 692. The van der Waals surface area contributed by atoms with Gasteiger partial charge in [0.05, 0.1) is 23.8 Å². The minimum Gasteiger partial charge on any atom is -0.485 e. The van der Waals surface area contributed by atoms with Crippen molar-refractivity contribution in [3.05, 3.63) is 34.8 Å². The van der Waals surface area contributed by atoms with Crippen molar-refractivity contribution in [2.75, 3.05) is 18.5 Å². The van der Waals surface area contributed by atoms with Crippen LogP contribution in [0.25, 0.3) is 0 Å². The van der Waals surface area contributed by atoms with Gasteiger partial charge in [0.25, 0.3) is 5.91 Å². The maximum atomic E-state index is 12.3. The van der Waals surface area contributed by atoms with Crippen LogP contribution >= 0.6 is 11.3 Å². The highest BCUT2D eigenvalue weighted by Gasteiger charge is 2.28. The largest absolute Gasteiger partial charge is 0.485 e. The van der Waals surface area contributed by atoms with Crippen molar-refractivity contribution < 1.29 is 19.0 Å². The molecule has 7 heteroatoms. The summed E-state index contributed by atoms with van der Waals surface area (Å²) in [4.78, 5) is 17.8. The summed E-state index contributed by atoms with van der Waals surface area (Å²) in [6.45, 7) is 1.44. The molecule has 114 valence electrons. The zero-order chi connectivity index (χ0) is 14.9. The second kappa shape index (κ2) is 5.58. The molecular formula is C15H14N2O4S. The van der Waals surface area contributed by atoms with Gasteiger partial charge in [-0.1, -0.05) is 23.5 Å². The molecule has 0 spiro atoms. The van der Waals surface area contributed by atoms with E-state index < -0.39 is 6.10 Å². The fourth-order valence-corrected chi connectivity index (χ4v) is 3.36. The predicted molar refractivity (Wildman–Crippen MR) is 80.5 cm³/mol. The molecule has 6 nitrogen and oxygen atoms in total. The molecule has 1 amide bonds. The molecule has 2 aromatic rings. The molecule has 0 saturated heterocycles. The molecule has 1 aromatic carbocycles. The lowest BCUT2D eigenvalue weighted by atomic mass is 10.2. The average Bonchev–Trinajstić information content (AvgIpc) is 2.96. The lowest BCUT2D eigenvalue weighted by molar-refractivity contribution is -0.125. The number of para-hydroxylation sites is 2. The summed E-state index contributed by atoms with van der Waals surface area (Å²) in [6.07, 6.45) is 0.116. The Morgan fingerprint density at radius 1 is 1.32 bits per heavy atom. The molecule has 0 bridgehead atoms. The van der Waals surface area contributed by atoms with Gasteiger partial charge in [-0.15, -0.1) is 0 Å². The van der Waals surface area contributed by atoms with Gasteiger partial charge in [0.15, 0.2) is 16.6 Å². The quantitative estimate of drug-likeness (QED) is 0.917. The topological polar surface area (TPSA) is 69.7 Å². The molecule has 3 heterocycles. The van der Waals surface area contributed by atoms with E-state index >= 15 is 0 Å². The molecular weight excluding hydrogens is 304 g/mol. The van der Waals surface area contributed by atoms with Crippen LogP contribution in [0.2, 0.25) is 0 Å². The van der Waals surface area contributed by atoms with Crippen molar-refractivity contribution in [2.24, 2.45) is 0 Å². The summed E-state index contributed by atoms with van der Waals surface area (Å²) in [5.74, 6) is 0.996. The number of nitrogens with one attached hydrogen (secondary N) is 1. The Hall–Kier alpha value is -2.12. The minimum atomic E-state index is -0.674. The number of anilines is 1. The Labute approximate surface area is 131 Å². The van der Waals surface area contributed by atoms with Crippen LogP contribution in [0.15, 0.2) is 24.3 Å². The van der Waals surface area contributed by atoms with Gasteiger partial charge in [-0.3, -0.25) is 10.1 Å². The molecule has 1 aromatic heterocycles. The molecule has 2 aliphatic rings. The lowest BCUT2D eigenvalue weighted by Gasteiger charge is -2.25. The number of hydrogen-bond donors (Lipinski definition) is 1. The number of benzene rings is 1. The molecule has 0 fully saturated rings. The van der Waals surface area contributed by atoms with E-state index in [0.29, 0.717) is 29.8 Å². The summed E-state index contributed by atoms with van der Waals surface area (Å²) >= 11 is 1.45. The van der Waals surface area contributed by atoms with Gasteiger partial charge in [-0.05, 0) is 12.1 Å². The second-order valence-corrected chi connectivity index (χ2v) is 6.13. The van der Waals surface area contributed by atoms with Crippen LogP contribution in [0.5, 0.6) is 11.5 Å². The summed E-state index contributed by atoms with van der Waals surface area (Å²) in [6, 6.07) is 7.31. The zero-order valence-corrected chi connectivity index (χ0v) is 12.5. The first-order valence-corrected chi connectivity index (χ1v) is 7.87. The number of ether oxygens (including phenoxy) is 3. The molecule has 1 atom stereocenters. The first-order valence-electron chi connectivity index (χ1n) is 7.05. The normalized spacial score (nSPS) is 19.4. The van der Waals surface area contributed by atoms with Gasteiger partial charge in [0, 0.05) is 6.42 Å². The first kappa shape index (κ1) is 13.5. The number of carbonyl (C=O) groups excluding carboxylic acids is 1. The van der Waals surface area contributed by atoms with E-state index in [1.54, 1.807) is 6.07 Å². The van der Waals surface area contributed by atoms with Gasteiger partial charge in [-0.2, -0.15) is 0 Å². The van der Waals surface area contributed by atoms with E-state index in [4.69, 9.17) is 14.2 Å². The van der Waals surface area contributed by atoms with Crippen molar-refractivity contribution in [2.45, 2.75) is 19.1 Å². The highest BCUT2D eigenvalue weighted by molar-refractivity contribution is 7.15. The maximum Gasteiger partial charge on any atom is 0.270 e. The zero-order valence-electron chi connectivity index (χ0n) is 11.7. The van der Waals surface area contributed by atoms with E-state index in [0.717, 1.165) is 17.0 Å².